The van der Waals surface area contributed by atoms with Gasteiger partial charge in [0.05, 0.1) is 17.6 Å². The van der Waals surface area contributed by atoms with E-state index in [2.05, 4.69) is 4.74 Å². The number of furan rings is 1. The molecule has 29 heavy (non-hydrogen) atoms. The van der Waals surface area contributed by atoms with Crippen molar-refractivity contribution in [2.75, 3.05) is 7.11 Å². The van der Waals surface area contributed by atoms with Crippen LogP contribution >= 0.6 is 11.8 Å². The Bertz CT molecular complexity index is 1050. The van der Waals surface area contributed by atoms with Gasteiger partial charge in [-0.1, -0.05) is 6.07 Å². The molecule has 1 atom stereocenters. The van der Waals surface area contributed by atoms with E-state index in [9.17, 15) is 24.3 Å². The van der Waals surface area contributed by atoms with Gasteiger partial charge in [-0.05, 0) is 55.4 Å². The number of carbonyl (C=O) groups is 4. The van der Waals surface area contributed by atoms with Crippen molar-refractivity contribution in [2.45, 2.75) is 19.9 Å². The van der Waals surface area contributed by atoms with Gasteiger partial charge in [0.15, 0.2) is 0 Å². The maximum Gasteiger partial charge on any atom is 0.335 e. The fraction of sp³-hybridized carbons (Fsp3) is 0.200. The smallest absolute Gasteiger partial charge is 0.335 e. The monoisotopic (exact) mass is 415 g/mol. The van der Waals surface area contributed by atoms with Crippen molar-refractivity contribution in [1.82, 2.24) is 4.90 Å². The summed E-state index contributed by atoms with van der Waals surface area (Å²) >= 11 is 0.700. The highest BCUT2D eigenvalue weighted by molar-refractivity contribution is 8.18. The van der Waals surface area contributed by atoms with E-state index in [1.807, 2.05) is 6.92 Å². The number of hydrogen-bond donors (Lipinski definition) is 1. The molecule has 1 N–H and O–H groups in total. The van der Waals surface area contributed by atoms with Gasteiger partial charge < -0.3 is 14.3 Å². The molecule has 0 aliphatic carbocycles. The van der Waals surface area contributed by atoms with E-state index < -0.39 is 29.1 Å². The van der Waals surface area contributed by atoms with Gasteiger partial charge in [-0.2, -0.15) is 0 Å². The molecule has 9 heteroatoms. The number of rotatable bonds is 5. The molecule has 0 radical (unpaired) electrons. The van der Waals surface area contributed by atoms with E-state index in [1.165, 1.54) is 32.2 Å². The van der Waals surface area contributed by atoms with Gasteiger partial charge in [0.1, 0.15) is 17.6 Å². The lowest BCUT2D eigenvalue weighted by molar-refractivity contribution is -0.148. The summed E-state index contributed by atoms with van der Waals surface area (Å²) in [7, 11) is 1.18. The molecular formula is C20H17NO7S. The fourth-order valence-electron chi connectivity index (χ4n) is 2.81. The third kappa shape index (κ3) is 3.95. The molecule has 2 heterocycles. The molecule has 150 valence electrons. The molecule has 1 aromatic heterocycles. The number of nitrogens with zero attached hydrogens (tertiary/aromatic N) is 1. The molecule has 0 unspecified atom stereocenters. The number of carboxylic acid groups (broad SMARTS) is 1. The highest BCUT2D eigenvalue weighted by Gasteiger charge is 2.41. The van der Waals surface area contributed by atoms with Gasteiger partial charge in [0.2, 0.25) is 0 Å². The minimum Gasteiger partial charge on any atom is -0.478 e. The number of amides is 2. The summed E-state index contributed by atoms with van der Waals surface area (Å²) in [6.45, 7) is 3.23. The minimum atomic E-state index is -1.05. The third-order valence-electron chi connectivity index (χ3n) is 4.40. The van der Waals surface area contributed by atoms with Crippen LogP contribution in [0.4, 0.5) is 4.79 Å². The second kappa shape index (κ2) is 7.96. The Hall–Kier alpha value is -3.33. The van der Waals surface area contributed by atoms with Gasteiger partial charge in [-0.25, -0.2) is 9.59 Å². The predicted molar refractivity (Wildman–Crippen MR) is 105 cm³/mol. The van der Waals surface area contributed by atoms with Crippen molar-refractivity contribution in [1.29, 1.82) is 0 Å². The Kier molecular flexibility index (Phi) is 5.60. The van der Waals surface area contributed by atoms with Crippen LogP contribution in [0, 0.1) is 6.92 Å². The van der Waals surface area contributed by atoms with Crippen LogP contribution in [-0.4, -0.2) is 46.2 Å². The largest absolute Gasteiger partial charge is 0.478 e. The molecule has 1 fully saturated rings. The average molecular weight is 415 g/mol. The lowest BCUT2D eigenvalue weighted by atomic mass is 10.0. The van der Waals surface area contributed by atoms with E-state index in [0.717, 1.165) is 10.5 Å². The Balaban J connectivity index is 1.89. The summed E-state index contributed by atoms with van der Waals surface area (Å²) in [5.74, 6) is -1.61. The molecule has 0 bridgehead atoms. The Morgan fingerprint density at radius 2 is 1.97 bits per heavy atom. The van der Waals surface area contributed by atoms with Gasteiger partial charge in [0, 0.05) is 11.6 Å². The molecular weight excluding hydrogens is 398 g/mol. The van der Waals surface area contributed by atoms with E-state index in [-0.39, 0.29) is 10.5 Å². The second-order valence-electron chi connectivity index (χ2n) is 6.29. The Morgan fingerprint density at radius 1 is 1.24 bits per heavy atom. The van der Waals surface area contributed by atoms with Crippen LogP contribution in [0.5, 0.6) is 0 Å². The average Bonchev–Trinajstić information content (AvgIpc) is 3.25. The number of thioether (sulfide) groups is 1. The second-order valence-corrected chi connectivity index (χ2v) is 7.28. The molecule has 1 aliphatic heterocycles. The Morgan fingerprint density at radius 3 is 2.62 bits per heavy atom. The summed E-state index contributed by atoms with van der Waals surface area (Å²) in [6, 6.07) is 6.92. The molecule has 1 saturated heterocycles. The van der Waals surface area contributed by atoms with Crippen molar-refractivity contribution >= 4 is 40.9 Å². The quantitative estimate of drug-likeness (QED) is 0.582. The normalized spacial score (nSPS) is 16.4. The zero-order valence-electron chi connectivity index (χ0n) is 15.8. The first-order valence-electron chi connectivity index (χ1n) is 8.52. The summed E-state index contributed by atoms with van der Waals surface area (Å²) in [5.41, 5.74) is 1.56. The maximum absolute atomic E-state index is 12.5. The van der Waals surface area contributed by atoms with Crippen LogP contribution in [-0.2, 0) is 14.3 Å². The van der Waals surface area contributed by atoms with Gasteiger partial charge >= 0.3 is 11.9 Å². The summed E-state index contributed by atoms with van der Waals surface area (Å²) in [5, 5.41) is 8.60. The number of carbonyl (C=O) groups excluding carboxylic acids is 3. The number of imide groups is 1. The highest BCUT2D eigenvalue weighted by Crippen LogP contribution is 2.35. The zero-order valence-corrected chi connectivity index (χ0v) is 16.6. The number of benzene rings is 1. The van der Waals surface area contributed by atoms with Gasteiger partial charge in [-0.15, -0.1) is 0 Å². The molecule has 0 saturated carbocycles. The van der Waals surface area contributed by atoms with Crippen LogP contribution in [0.25, 0.3) is 17.4 Å². The zero-order chi connectivity index (χ0) is 21.3. The predicted octanol–water partition coefficient (Wildman–Crippen LogP) is 3.55. The van der Waals surface area contributed by atoms with Crippen LogP contribution in [0.2, 0.25) is 0 Å². The van der Waals surface area contributed by atoms with Crippen LogP contribution < -0.4 is 0 Å². The van der Waals surface area contributed by atoms with Crippen LogP contribution in [0.1, 0.15) is 28.6 Å². The fourth-order valence-corrected chi connectivity index (χ4v) is 3.70. The van der Waals surface area contributed by atoms with E-state index in [1.54, 1.807) is 18.2 Å². The maximum atomic E-state index is 12.5. The van der Waals surface area contributed by atoms with E-state index >= 15 is 0 Å². The molecule has 2 amide bonds. The topological polar surface area (TPSA) is 114 Å². The number of methoxy groups -OCH3 is 1. The molecule has 1 aromatic carbocycles. The highest BCUT2D eigenvalue weighted by atomic mass is 32.2. The van der Waals surface area contributed by atoms with Crippen molar-refractivity contribution in [3.05, 3.63) is 52.1 Å². The molecule has 8 nitrogen and oxygen atoms in total. The lowest BCUT2D eigenvalue weighted by Gasteiger charge is -2.18. The lowest BCUT2D eigenvalue weighted by Crippen LogP contribution is -2.42. The molecule has 1 aliphatic rings. The number of esters is 1. The first-order valence-corrected chi connectivity index (χ1v) is 9.33. The third-order valence-corrected chi connectivity index (χ3v) is 5.29. The van der Waals surface area contributed by atoms with Crippen molar-refractivity contribution < 1.29 is 33.4 Å². The number of aryl methyl sites for hydroxylation is 1. The summed E-state index contributed by atoms with van der Waals surface area (Å²) < 4.78 is 10.3. The first-order chi connectivity index (χ1) is 13.7. The number of aromatic carboxylic acids is 1. The summed E-state index contributed by atoms with van der Waals surface area (Å²) in [6.07, 6.45) is 1.41. The number of carboxylic acids is 1. The summed E-state index contributed by atoms with van der Waals surface area (Å²) in [4.78, 5) is 48.5. The standard InChI is InChI=1S/C20H17NO7S/c1-10-4-5-12(18(23)24)8-14(10)15-7-6-13(28-15)9-16-17(22)21(20(26)29-16)11(2)19(25)27-3/h4-9,11H,1-3H3,(H,23,24)/b16-9+/t11-/m1/s1. The van der Waals surface area contributed by atoms with Crippen molar-refractivity contribution in [3.63, 3.8) is 0 Å². The van der Waals surface area contributed by atoms with Crippen molar-refractivity contribution in [3.8, 4) is 11.3 Å². The first kappa shape index (κ1) is 20.4. The minimum absolute atomic E-state index is 0.114. The Labute approximate surface area is 170 Å². The van der Waals surface area contributed by atoms with Gasteiger partial charge in [0.25, 0.3) is 11.1 Å². The molecule has 3 rings (SSSR count). The molecule has 0 spiro atoms. The van der Waals surface area contributed by atoms with E-state index in [0.29, 0.717) is 28.8 Å². The SMILES string of the molecule is COC(=O)[C@@H](C)N1C(=O)S/C(=C/c2ccc(-c3cc(C(=O)O)ccc3C)o2)C1=O. The molecule has 2 aromatic rings. The van der Waals surface area contributed by atoms with Crippen molar-refractivity contribution in [2.24, 2.45) is 0 Å². The van der Waals surface area contributed by atoms with Gasteiger partial charge in [-0.3, -0.25) is 14.5 Å². The number of ether oxygens (including phenoxy) is 1. The van der Waals surface area contributed by atoms with Crippen LogP contribution in [0.3, 0.4) is 0 Å². The number of hydrogen-bond acceptors (Lipinski definition) is 7. The van der Waals surface area contributed by atoms with E-state index in [4.69, 9.17) is 4.42 Å². The van der Waals surface area contributed by atoms with Crippen LogP contribution in [0.15, 0.2) is 39.7 Å².